The molecule has 0 radical (unpaired) electrons. The first-order chi connectivity index (χ1) is 7.69. The number of aliphatic hydroxyl groups is 1. The van der Waals surface area contributed by atoms with Gasteiger partial charge in [-0.2, -0.15) is 0 Å². The van der Waals surface area contributed by atoms with E-state index in [0.717, 1.165) is 18.4 Å². The number of hydrogen-bond donors (Lipinski definition) is 2. The predicted molar refractivity (Wildman–Crippen MR) is 66.1 cm³/mol. The molecule has 0 aliphatic carbocycles. The highest BCUT2D eigenvalue weighted by Crippen LogP contribution is 2.23. The molecule has 0 aliphatic heterocycles. The zero-order valence-electron chi connectivity index (χ0n) is 10.1. The van der Waals surface area contributed by atoms with Gasteiger partial charge in [-0.25, -0.2) is 0 Å². The predicted octanol–water partition coefficient (Wildman–Crippen LogP) is 1.92. The summed E-state index contributed by atoms with van der Waals surface area (Å²) >= 11 is 0. The topological polar surface area (TPSA) is 59.1 Å². The Bertz CT molecular complexity index is 289. The first kappa shape index (κ1) is 13.1. The zero-order valence-corrected chi connectivity index (χ0v) is 10.1. The van der Waals surface area contributed by atoms with E-state index >= 15 is 0 Å². The monoisotopic (exact) mass is 222 g/mol. The van der Waals surface area contributed by atoms with Gasteiger partial charge in [0.25, 0.3) is 0 Å². The van der Waals surface area contributed by atoms with Crippen LogP contribution in [-0.4, -0.2) is 22.7 Å². The largest absolute Gasteiger partial charge is 0.392 e. The molecule has 16 heavy (non-hydrogen) atoms. The van der Waals surface area contributed by atoms with Crippen LogP contribution in [0, 0.1) is 5.92 Å². The Labute approximate surface area is 97.7 Å². The molecule has 0 aromatic carbocycles. The average Bonchev–Trinajstić information content (AvgIpc) is 2.31. The van der Waals surface area contributed by atoms with E-state index in [1.54, 1.807) is 12.4 Å². The summed E-state index contributed by atoms with van der Waals surface area (Å²) in [5, 5.41) is 10.2. The number of aliphatic hydroxyl groups excluding tert-OH is 1. The molecule has 1 rings (SSSR count). The van der Waals surface area contributed by atoms with Crippen LogP contribution in [-0.2, 0) is 0 Å². The molecule has 0 bridgehead atoms. The fraction of sp³-hybridized carbons (Fsp3) is 0.615. The van der Waals surface area contributed by atoms with Crippen molar-refractivity contribution in [2.75, 3.05) is 6.54 Å². The van der Waals surface area contributed by atoms with Crippen molar-refractivity contribution in [1.29, 1.82) is 0 Å². The standard InChI is InChI=1S/C13H22N2O/c1-3-10(2)8-13(16)12(9-14)11-4-6-15-7-5-11/h4-7,10,12-13,16H,3,8-9,14H2,1-2H3. The lowest BCUT2D eigenvalue weighted by atomic mass is 9.88. The van der Waals surface area contributed by atoms with Crippen LogP contribution in [0.3, 0.4) is 0 Å². The molecule has 0 amide bonds. The van der Waals surface area contributed by atoms with Gasteiger partial charge in [0, 0.05) is 24.9 Å². The van der Waals surface area contributed by atoms with Crippen molar-refractivity contribution in [2.24, 2.45) is 11.7 Å². The second-order valence-corrected chi connectivity index (χ2v) is 4.44. The van der Waals surface area contributed by atoms with Gasteiger partial charge >= 0.3 is 0 Å². The van der Waals surface area contributed by atoms with Gasteiger partial charge in [0.2, 0.25) is 0 Å². The third-order valence-electron chi connectivity index (χ3n) is 3.19. The van der Waals surface area contributed by atoms with E-state index in [0.29, 0.717) is 12.5 Å². The van der Waals surface area contributed by atoms with Crippen LogP contribution >= 0.6 is 0 Å². The van der Waals surface area contributed by atoms with Gasteiger partial charge in [-0.15, -0.1) is 0 Å². The van der Waals surface area contributed by atoms with Gasteiger partial charge in [0.1, 0.15) is 0 Å². The third-order valence-corrected chi connectivity index (χ3v) is 3.19. The Morgan fingerprint density at radius 2 is 2.00 bits per heavy atom. The Balaban J connectivity index is 2.67. The summed E-state index contributed by atoms with van der Waals surface area (Å²) in [5.41, 5.74) is 6.82. The summed E-state index contributed by atoms with van der Waals surface area (Å²) in [6.07, 6.45) is 5.02. The number of pyridine rings is 1. The number of nitrogens with zero attached hydrogens (tertiary/aromatic N) is 1. The van der Waals surface area contributed by atoms with E-state index < -0.39 is 0 Å². The molecule has 90 valence electrons. The highest BCUT2D eigenvalue weighted by molar-refractivity contribution is 5.17. The lowest BCUT2D eigenvalue weighted by Crippen LogP contribution is -2.27. The molecule has 3 heteroatoms. The highest BCUT2D eigenvalue weighted by Gasteiger charge is 2.21. The van der Waals surface area contributed by atoms with Crippen molar-refractivity contribution in [3.63, 3.8) is 0 Å². The van der Waals surface area contributed by atoms with Gasteiger partial charge in [0.15, 0.2) is 0 Å². The molecule has 0 saturated heterocycles. The van der Waals surface area contributed by atoms with Crippen molar-refractivity contribution in [3.05, 3.63) is 30.1 Å². The number of hydrogen-bond acceptors (Lipinski definition) is 3. The van der Waals surface area contributed by atoms with Crippen LogP contribution in [0.25, 0.3) is 0 Å². The van der Waals surface area contributed by atoms with E-state index in [9.17, 15) is 5.11 Å². The van der Waals surface area contributed by atoms with E-state index in [-0.39, 0.29) is 12.0 Å². The maximum absolute atomic E-state index is 10.2. The second kappa shape index (κ2) is 6.61. The molecular formula is C13H22N2O. The average molecular weight is 222 g/mol. The van der Waals surface area contributed by atoms with E-state index in [4.69, 9.17) is 5.73 Å². The maximum atomic E-state index is 10.2. The van der Waals surface area contributed by atoms with Crippen molar-refractivity contribution in [2.45, 2.75) is 38.7 Å². The fourth-order valence-corrected chi connectivity index (χ4v) is 1.87. The lowest BCUT2D eigenvalue weighted by molar-refractivity contribution is 0.118. The molecule has 1 aromatic heterocycles. The molecule has 3 unspecified atom stereocenters. The summed E-state index contributed by atoms with van der Waals surface area (Å²) in [6.45, 7) is 4.77. The van der Waals surface area contributed by atoms with Crippen LogP contribution in [0.15, 0.2) is 24.5 Å². The SMILES string of the molecule is CCC(C)CC(O)C(CN)c1ccncc1. The van der Waals surface area contributed by atoms with E-state index in [2.05, 4.69) is 18.8 Å². The van der Waals surface area contributed by atoms with Crippen molar-refractivity contribution in [3.8, 4) is 0 Å². The minimum absolute atomic E-state index is 0.0250. The number of aromatic nitrogens is 1. The summed E-state index contributed by atoms with van der Waals surface area (Å²) in [5.74, 6) is 0.558. The van der Waals surface area contributed by atoms with Gasteiger partial charge < -0.3 is 10.8 Å². The van der Waals surface area contributed by atoms with E-state index in [1.807, 2.05) is 12.1 Å². The molecule has 3 atom stereocenters. The molecule has 1 heterocycles. The Kier molecular flexibility index (Phi) is 5.43. The van der Waals surface area contributed by atoms with Crippen LogP contribution < -0.4 is 5.73 Å². The van der Waals surface area contributed by atoms with Crippen LogP contribution in [0.5, 0.6) is 0 Å². The molecular weight excluding hydrogens is 200 g/mol. The molecule has 0 spiro atoms. The Morgan fingerprint density at radius 3 is 2.50 bits per heavy atom. The van der Waals surface area contributed by atoms with E-state index in [1.165, 1.54) is 0 Å². The van der Waals surface area contributed by atoms with Crippen molar-refractivity contribution < 1.29 is 5.11 Å². The summed E-state index contributed by atoms with van der Waals surface area (Å²) < 4.78 is 0. The van der Waals surface area contributed by atoms with Crippen molar-refractivity contribution >= 4 is 0 Å². The highest BCUT2D eigenvalue weighted by atomic mass is 16.3. The van der Waals surface area contributed by atoms with Gasteiger partial charge in [-0.05, 0) is 30.0 Å². The normalized spacial score (nSPS) is 16.8. The molecule has 0 fully saturated rings. The van der Waals surface area contributed by atoms with Crippen LogP contribution in [0.2, 0.25) is 0 Å². The van der Waals surface area contributed by atoms with Crippen molar-refractivity contribution in [1.82, 2.24) is 4.98 Å². The molecule has 3 N–H and O–H groups in total. The summed E-state index contributed by atoms with van der Waals surface area (Å²) in [4.78, 5) is 3.98. The summed E-state index contributed by atoms with van der Waals surface area (Å²) in [6, 6.07) is 3.86. The Morgan fingerprint density at radius 1 is 1.38 bits per heavy atom. The van der Waals surface area contributed by atoms with Crippen LogP contribution in [0.4, 0.5) is 0 Å². The lowest BCUT2D eigenvalue weighted by Gasteiger charge is -2.24. The Hall–Kier alpha value is -0.930. The molecule has 3 nitrogen and oxygen atoms in total. The first-order valence-corrected chi connectivity index (χ1v) is 5.97. The first-order valence-electron chi connectivity index (χ1n) is 5.97. The fourth-order valence-electron chi connectivity index (χ4n) is 1.87. The minimum atomic E-state index is -0.359. The molecule has 1 aromatic rings. The van der Waals surface area contributed by atoms with Crippen LogP contribution in [0.1, 0.15) is 38.2 Å². The number of nitrogens with two attached hydrogens (primary N) is 1. The second-order valence-electron chi connectivity index (χ2n) is 4.44. The number of rotatable bonds is 6. The maximum Gasteiger partial charge on any atom is 0.0623 e. The minimum Gasteiger partial charge on any atom is -0.392 e. The third kappa shape index (κ3) is 3.58. The van der Waals surface area contributed by atoms with Gasteiger partial charge in [0.05, 0.1) is 6.10 Å². The van der Waals surface area contributed by atoms with Gasteiger partial charge in [-0.1, -0.05) is 20.3 Å². The molecule has 0 aliphatic rings. The van der Waals surface area contributed by atoms with Gasteiger partial charge in [-0.3, -0.25) is 4.98 Å². The molecule has 0 saturated carbocycles. The quantitative estimate of drug-likeness (QED) is 0.773. The smallest absolute Gasteiger partial charge is 0.0623 e. The zero-order chi connectivity index (χ0) is 12.0. The summed E-state index contributed by atoms with van der Waals surface area (Å²) in [7, 11) is 0.